The van der Waals surface area contributed by atoms with Gasteiger partial charge in [-0.3, -0.25) is 0 Å². The molecule has 0 aliphatic heterocycles. The van der Waals surface area contributed by atoms with Crippen molar-refractivity contribution < 1.29 is 5.11 Å². The van der Waals surface area contributed by atoms with Gasteiger partial charge in [-0.15, -0.1) is 5.10 Å². The number of nitrogens with zero attached hydrogens (tertiary/aromatic N) is 3. The molecule has 138 valence electrons. The Morgan fingerprint density at radius 1 is 1.11 bits per heavy atom. The van der Waals surface area contributed by atoms with Crippen LogP contribution in [0.25, 0.3) is 16.2 Å². The first-order valence-electron chi connectivity index (χ1n) is 8.77. The molecule has 2 aromatic heterocycles. The fraction of sp³-hybridized carbons (Fsp3) is 0.200. The Labute approximate surface area is 166 Å². The first-order chi connectivity index (χ1) is 13.2. The highest BCUT2D eigenvalue weighted by Crippen LogP contribution is 2.29. The molecule has 0 spiro atoms. The molecule has 0 radical (unpaired) electrons. The van der Waals surface area contributed by atoms with Crippen LogP contribution in [0.4, 0.5) is 5.13 Å². The predicted octanol–water partition coefficient (Wildman–Crippen LogP) is 5.04. The number of halogens is 1. The molecule has 2 heterocycles. The van der Waals surface area contributed by atoms with Gasteiger partial charge in [0.2, 0.25) is 10.1 Å². The van der Waals surface area contributed by atoms with Gasteiger partial charge in [0.15, 0.2) is 0 Å². The van der Waals surface area contributed by atoms with E-state index in [1.54, 1.807) is 4.52 Å². The van der Waals surface area contributed by atoms with Gasteiger partial charge in [0.1, 0.15) is 0 Å². The molecule has 0 aliphatic rings. The third-order valence-electron chi connectivity index (χ3n) is 4.33. The summed E-state index contributed by atoms with van der Waals surface area (Å²) >= 11 is 7.47. The molecule has 7 heteroatoms. The maximum absolute atomic E-state index is 9.20. The summed E-state index contributed by atoms with van der Waals surface area (Å²) in [6, 6.07) is 18.0. The van der Waals surface area contributed by atoms with Gasteiger partial charge in [-0.2, -0.15) is 0 Å². The summed E-state index contributed by atoms with van der Waals surface area (Å²) in [7, 11) is 0. The molecule has 0 bridgehead atoms. The van der Waals surface area contributed by atoms with Crippen LogP contribution in [0.2, 0.25) is 5.02 Å². The zero-order valence-corrected chi connectivity index (χ0v) is 16.1. The van der Waals surface area contributed by atoms with Crippen molar-refractivity contribution in [3.8, 4) is 11.3 Å². The van der Waals surface area contributed by atoms with Crippen LogP contribution < -0.4 is 5.32 Å². The van der Waals surface area contributed by atoms with Crippen LogP contribution in [-0.4, -0.2) is 26.3 Å². The predicted molar refractivity (Wildman–Crippen MR) is 110 cm³/mol. The van der Waals surface area contributed by atoms with Crippen LogP contribution in [0, 0.1) is 0 Å². The first kappa shape index (κ1) is 18.0. The number of benzene rings is 2. The van der Waals surface area contributed by atoms with Gasteiger partial charge >= 0.3 is 0 Å². The topological polar surface area (TPSA) is 62.5 Å². The van der Waals surface area contributed by atoms with E-state index in [1.165, 1.54) is 16.9 Å². The van der Waals surface area contributed by atoms with Crippen molar-refractivity contribution in [3.05, 3.63) is 71.4 Å². The SMILES string of the molecule is OCCCC(Nc1nn2cc(-c3ccc(Cl)cc3)nc2s1)c1ccccc1. The van der Waals surface area contributed by atoms with E-state index in [0.29, 0.717) is 5.02 Å². The standard InChI is InChI=1S/C20H19ClN4OS/c21-16-10-8-15(9-11-16)18-13-25-20(23-18)27-19(24-25)22-17(7-4-12-26)14-5-2-1-3-6-14/h1-3,5-6,8-11,13,17,26H,4,7,12H2,(H,22,24). The van der Waals surface area contributed by atoms with E-state index in [-0.39, 0.29) is 12.6 Å². The minimum atomic E-state index is 0.102. The summed E-state index contributed by atoms with van der Waals surface area (Å²) in [6.07, 6.45) is 3.49. The van der Waals surface area contributed by atoms with E-state index >= 15 is 0 Å². The van der Waals surface area contributed by atoms with E-state index in [1.807, 2.05) is 48.7 Å². The summed E-state index contributed by atoms with van der Waals surface area (Å²) in [5, 5.41) is 18.8. The largest absolute Gasteiger partial charge is 0.396 e. The minimum absolute atomic E-state index is 0.102. The summed E-state index contributed by atoms with van der Waals surface area (Å²) < 4.78 is 1.80. The van der Waals surface area contributed by atoms with E-state index in [0.717, 1.165) is 34.2 Å². The van der Waals surface area contributed by atoms with Crippen molar-refractivity contribution in [1.82, 2.24) is 14.6 Å². The summed E-state index contributed by atoms with van der Waals surface area (Å²) in [5.74, 6) is 0. The molecule has 4 aromatic rings. The van der Waals surface area contributed by atoms with Crippen LogP contribution in [0.3, 0.4) is 0 Å². The number of anilines is 1. The normalized spacial score (nSPS) is 12.4. The van der Waals surface area contributed by atoms with Crippen molar-refractivity contribution in [2.24, 2.45) is 0 Å². The number of imidazole rings is 1. The lowest BCUT2D eigenvalue weighted by atomic mass is 10.0. The fourth-order valence-corrected chi connectivity index (χ4v) is 3.93. The molecule has 4 rings (SSSR count). The van der Waals surface area contributed by atoms with Crippen LogP contribution in [0.15, 0.2) is 60.8 Å². The molecule has 0 amide bonds. The lowest BCUT2D eigenvalue weighted by molar-refractivity contribution is 0.281. The van der Waals surface area contributed by atoms with Gasteiger partial charge in [0.25, 0.3) is 0 Å². The van der Waals surface area contributed by atoms with E-state index in [4.69, 9.17) is 11.6 Å². The summed E-state index contributed by atoms with van der Waals surface area (Å²) in [6.45, 7) is 0.177. The lowest BCUT2D eigenvalue weighted by Crippen LogP contribution is -2.11. The van der Waals surface area contributed by atoms with Gasteiger partial charge in [0.05, 0.1) is 17.9 Å². The Morgan fingerprint density at radius 3 is 2.59 bits per heavy atom. The van der Waals surface area contributed by atoms with Gasteiger partial charge in [-0.25, -0.2) is 9.50 Å². The average molecular weight is 399 g/mol. The van der Waals surface area contributed by atoms with Gasteiger partial charge in [0, 0.05) is 17.2 Å². The molecule has 2 N–H and O–H groups in total. The van der Waals surface area contributed by atoms with Crippen molar-refractivity contribution in [3.63, 3.8) is 0 Å². The molecular weight excluding hydrogens is 380 g/mol. The highest BCUT2D eigenvalue weighted by Gasteiger charge is 2.15. The molecule has 0 fully saturated rings. The number of aliphatic hydroxyl groups is 1. The van der Waals surface area contributed by atoms with Gasteiger partial charge in [-0.05, 0) is 30.5 Å². The molecule has 27 heavy (non-hydrogen) atoms. The number of aliphatic hydroxyl groups excluding tert-OH is 1. The number of aromatic nitrogens is 3. The molecule has 2 aromatic carbocycles. The van der Waals surface area contributed by atoms with E-state index < -0.39 is 0 Å². The molecular formula is C20H19ClN4OS. The zero-order valence-electron chi connectivity index (χ0n) is 14.5. The molecule has 0 aliphatic carbocycles. The third-order valence-corrected chi connectivity index (χ3v) is 5.44. The molecule has 0 saturated carbocycles. The number of hydrogen-bond acceptors (Lipinski definition) is 5. The van der Waals surface area contributed by atoms with E-state index in [9.17, 15) is 5.11 Å². The van der Waals surface area contributed by atoms with E-state index in [2.05, 4.69) is 27.5 Å². The number of hydrogen-bond donors (Lipinski definition) is 2. The van der Waals surface area contributed by atoms with Crippen LogP contribution in [0.5, 0.6) is 0 Å². The molecule has 1 atom stereocenters. The fourth-order valence-electron chi connectivity index (χ4n) is 2.97. The summed E-state index contributed by atoms with van der Waals surface area (Å²) in [4.78, 5) is 5.50. The second kappa shape index (κ2) is 8.08. The Kier molecular flexibility index (Phi) is 5.38. The highest BCUT2D eigenvalue weighted by atomic mass is 35.5. The van der Waals surface area contributed by atoms with Crippen molar-refractivity contribution in [2.45, 2.75) is 18.9 Å². The lowest BCUT2D eigenvalue weighted by Gasteiger charge is -2.17. The maximum Gasteiger partial charge on any atom is 0.214 e. The highest BCUT2D eigenvalue weighted by molar-refractivity contribution is 7.20. The quantitative estimate of drug-likeness (QED) is 0.458. The molecule has 1 unspecified atom stereocenters. The second-order valence-electron chi connectivity index (χ2n) is 6.24. The smallest absolute Gasteiger partial charge is 0.214 e. The summed E-state index contributed by atoms with van der Waals surface area (Å²) in [5.41, 5.74) is 3.06. The van der Waals surface area contributed by atoms with Gasteiger partial charge in [-0.1, -0.05) is 65.4 Å². The average Bonchev–Trinajstić information content (AvgIpc) is 3.25. The first-order valence-corrected chi connectivity index (χ1v) is 9.97. The molecule has 5 nitrogen and oxygen atoms in total. The zero-order chi connectivity index (χ0) is 18.6. The Morgan fingerprint density at radius 2 is 1.89 bits per heavy atom. The minimum Gasteiger partial charge on any atom is -0.396 e. The second-order valence-corrected chi connectivity index (χ2v) is 7.63. The van der Waals surface area contributed by atoms with Crippen LogP contribution in [-0.2, 0) is 0 Å². The van der Waals surface area contributed by atoms with Crippen molar-refractivity contribution >= 4 is 33.0 Å². The Balaban J connectivity index is 1.56. The number of nitrogens with one attached hydrogen (secondary N) is 1. The molecule has 0 saturated heterocycles. The van der Waals surface area contributed by atoms with Gasteiger partial charge < -0.3 is 10.4 Å². The van der Waals surface area contributed by atoms with Crippen molar-refractivity contribution in [2.75, 3.05) is 11.9 Å². The van der Waals surface area contributed by atoms with Crippen LogP contribution >= 0.6 is 22.9 Å². The number of rotatable bonds is 7. The monoisotopic (exact) mass is 398 g/mol. The Hall–Kier alpha value is -2.41. The third kappa shape index (κ3) is 4.13. The van der Waals surface area contributed by atoms with Crippen molar-refractivity contribution in [1.29, 1.82) is 0 Å². The number of fused-ring (bicyclic) bond motifs is 1. The Bertz CT molecular complexity index is 982. The van der Waals surface area contributed by atoms with Crippen LogP contribution in [0.1, 0.15) is 24.4 Å². The maximum atomic E-state index is 9.20.